The van der Waals surface area contributed by atoms with Crippen molar-refractivity contribution in [2.45, 2.75) is 33.0 Å². The van der Waals surface area contributed by atoms with Crippen molar-refractivity contribution in [1.29, 1.82) is 0 Å². The minimum absolute atomic E-state index is 0.0976. The van der Waals surface area contributed by atoms with Crippen LogP contribution in [0.2, 0.25) is 0 Å². The van der Waals surface area contributed by atoms with Gasteiger partial charge in [-0.3, -0.25) is 4.79 Å². The fraction of sp³-hybridized carbons (Fsp3) is 0.500. The van der Waals surface area contributed by atoms with Gasteiger partial charge in [-0.1, -0.05) is 0 Å². The average Bonchev–Trinajstić information content (AvgIpc) is 2.39. The highest BCUT2D eigenvalue weighted by Gasteiger charge is 2.41. The lowest BCUT2D eigenvalue weighted by atomic mass is 10.0. The molecule has 0 bridgehead atoms. The number of ether oxygens (including phenoxy) is 2. The summed E-state index contributed by atoms with van der Waals surface area (Å²) < 4.78 is 11.1. The first-order chi connectivity index (χ1) is 8.94. The van der Waals surface area contributed by atoms with Crippen molar-refractivity contribution in [2.75, 3.05) is 18.6 Å². The Hall–Kier alpha value is -1.75. The number of amides is 1. The number of hydrogen-bond acceptors (Lipinski definition) is 4. The predicted octanol–water partition coefficient (Wildman–Crippen LogP) is 1.71. The molecule has 1 amide bonds. The number of carbonyl (C=O) groups is 1. The van der Waals surface area contributed by atoms with E-state index in [-0.39, 0.29) is 12.5 Å². The topological polar surface area (TPSA) is 59.0 Å². The van der Waals surface area contributed by atoms with Gasteiger partial charge in [0.2, 0.25) is 0 Å². The highest BCUT2D eigenvalue weighted by Crippen LogP contribution is 2.45. The number of anilines is 1. The molecule has 0 saturated heterocycles. The number of aliphatic hydroxyl groups is 1. The number of likely N-dealkylation sites (N-methyl/N-ethyl adjacent to an activating group) is 1. The van der Waals surface area contributed by atoms with Gasteiger partial charge < -0.3 is 19.5 Å². The second-order valence-corrected chi connectivity index (χ2v) is 4.97. The molecule has 1 N–H and O–H groups in total. The number of aliphatic hydroxyl groups excluding tert-OH is 1. The lowest BCUT2D eigenvalue weighted by molar-refractivity contribution is -0.132. The molecule has 0 aromatic heterocycles. The van der Waals surface area contributed by atoms with Gasteiger partial charge in [-0.25, -0.2) is 0 Å². The van der Waals surface area contributed by atoms with Crippen molar-refractivity contribution in [3.8, 4) is 11.5 Å². The van der Waals surface area contributed by atoms with Crippen LogP contribution in [0.3, 0.4) is 0 Å². The number of nitrogens with zero attached hydrogens (tertiary/aromatic N) is 1. The molecular weight excluding hydrogens is 246 g/mol. The van der Waals surface area contributed by atoms with E-state index in [0.717, 1.165) is 0 Å². The molecule has 0 spiro atoms. The maximum atomic E-state index is 12.3. The quantitative estimate of drug-likeness (QED) is 0.904. The van der Waals surface area contributed by atoms with Crippen molar-refractivity contribution >= 4 is 11.6 Å². The van der Waals surface area contributed by atoms with Crippen molar-refractivity contribution < 1.29 is 19.4 Å². The van der Waals surface area contributed by atoms with Gasteiger partial charge in [0, 0.05) is 6.54 Å². The van der Waals surface area contributed by atoms with Gasteiger partial charge >= 0.3 is 0 Å². The third-order valence-corrected chi connectivity index (χ3v) is 3.22. The zero-order valence-electron chi connectivity index (χ0n) is 11.7. The van der Waals surface area contributed by atoms with Gasteiger partial charge in [0.1, 0.15) is 0 Å². The fourth-order valence-corrected chi connectivity index (χ4v) is 2.24. The zero-order valence-corrected chi connectivity index (χ0v) is 11.7. The molecule has 0 atom stereocenters. The lowest BCUT2D eigenvalue weighted by Crippen LogP contribution is -2.52. The van der Waals surface area contributed by atoms with E-state index in [1.165, 1.54) is 0 Å². The summed E-state index contributed by atoms with van der Waals surface area (Å²) in [6, 6.07) is 3.48. The predicted molar refractivity (Wildman–Crippen MR) is 71.7 cm³/mol. The summed E-state index contributed by atoms with van der Waals surface area (Å²) in [5.74, 6) is 0.978. The van der Waals surface area contributed by atoms with Crippen molar-refractivity contribution in [1.82, 2.24) is 0 Å². The maximum Gasteiger partial charge on any atom is 0.270 e. The average molecular weight is 265 g/mol. The molecule has 0 unspecified atom stereocenters. The van der Waals surface area contributed by atoms with E-state index in [0.29, 0.717) is 29.3 Å². The summed E-state index contributed by atoms with van der Waals surface area (Å²) in [5, 5.41) is 9.29. The molecule has 0 aliphatic carbocycles. The van der Waals surface area contributed by atoms with Gasteiger partial charge in [-0.05, 0) is 38.5 Å². The first-order valence-electron chi connectivity index (χ1n) is 6.27. The molecule has 104 valence electrons. The Labute approximate surface area is 112 Å². The summed E-state index contributed by atoms with van der Waals surface area (Å²) in [5.41, 5.74) is 0.414. The second kappa shape index (κ2) is 4.74. The number of methoxy groups -OCH3 is 1. The van der Waals surface area contributed by atoms with Gasteiger partial charge in [-0.15, -0.1) is 0 Å². The Bertz CT molecular complexity index is 510. The Morgan fingerprint density at radius 3 is 2.63 bits per heavy atom. The Kier molecular flexibility index (Phi) is 3.41. The van der Waals surface area contributed by atoms with Gasteiger partial charge in [0.25, 0.3) is 5.91 Å². The normalized spacial score (nSPS) is 16.9. The Balaban J connectivity index is 2.65. The number of rotatable bonds is 3. The molecule has 19 heavy (non-hydrogen) atoms. The molecule has 0 radical (unpaired) electrons. The van der Waals surface area contributed by atoms with E-state index in [2.05, 4.69) is 0 Å². The van der Waals surface area contributed by atoms with Gasteiger partial charge in [0.15, 0.2) is 17.1 Å². The van der Waals surface area contributed by atoms with Crippen LogP contribution in [0.4, 0.5) is 5.69 Å². The van der Waals surface area contributed by atoms with Crippen LogP contribution in [0.1, 0.15) is 26.3 Å². The van der Waals surface area contributed by atoms with Crippen LogP contribution in [-0.2, 0) is 11.4 Å². The molecule has 1 aliphatic heterocycles. The first kappa shape index (κ1) is 13.7. The van der Waals surface area contributed by atoms with Crippen LogP contribution in [0.15, 0.2) is 12.1 Å². The molecule has 5 nitrogen and oxygen atoms in total. The molecule has 1 aromatic rings. The fourth-order valence-electron chi connectivity index (χ4n) is 2.24. The minimum atomic E-state index is -0.920. The zero-order chi connectivity index (χ0) is 14.2. The molecule has 1 aliphatic rings. The molecule has 2 rings (SSSR count). The highest BCUT2D eigenvalue weighted by atomic mass is 16.5. The lowest BCUT2D eigenvalue weighted by Gasteiger charge is -2.39. The largest absolute Gasteiger partial charge is 0.493 e. The van der Waals surface area contributed by atoms with Gasteiger partial charge in [-0.2, -0.15) is 0 Å². The smallest absolute Gasteiger partial charge is 0.270 e. The van der Waals surface area contributed by atoms with E-state index in [4.69, 9.17) is 9.47 Å². The number of hydrogen-bond donors (Lipinski definition) is 1. The van der Waals surface area contributed by atoms with E-state index in [9.17, 15) is 9.90 Å². The number of benzene rings is 1. The maximum absolute atomic E-state index is 12.3. The monoisotopic (exact) mass is 265 g/mol. The summed E-state index contributed by atoms with van der Waals surface area (Å²) in [6.45, 7) is 5.80. The molecule has 0 fully saturated rings. The molecule has 1 heterocycles. The summed E-state index contributed by atoms with van der Waals surface area (Å²) in [4.78, 5) is 14.0. The summed E-state index contributed by atoms with van der Waals surface area (Å²) >= 11 is 0. The van der Waals surface area contributed by atoms with Crippen LogP contribution in [0.5, 0.6) is 11.5 Å². The second-order valence-electron chi connectivity index (χ2n) is 4.97. The van der Waals surface area contributed by atoms with Crippen LogP contribution in [0, 0.1) is 0 Å². The third kappa shape index (κ3) is 2.14. The molecule has 1 aromatic carbocycles. The molecular formula is C14H19NO4. The minimum Gasteiger partial charge on any atom is -0.493 e. The molecule has 0 saturated carbocycles. The van der Waals surface area contributed by atoms with Crippen LogP contribution < -0.4 is 14.4 Å². The van der Waals surface area contributed by atoms with Crippen LogP contribution >= 0.6 is 0 Å². The van der Waals surface area contributed by atoms with E-state index < -0.39 is 5.60 Å². The van der Waals surface area contributed by atoms with Crippen LogP contribution in [-0.4, -0.2) is 30.3 Å². The van der Waals surface area contributed by atoms with E-state index in [1.54, 1.807) is 38.0 Å². The SMILES string of the molecule is CCN1C(=O)C(C)(C)Oc2c(OC)cc(CO)cc21. The summed E-state index contributed by atoms with van der Waals surface area (Å²) in [7, 11) is 1.54. The number of carbonyl (C=O) groups excluding carboxylic acids is 1. The number of fused-ring (bicyclic) bond motifs is 1. The van der Waals surface area contributed by atoms with Crippen molar-refractivity contribution in [2.24, 2.45) is 0 Å². The first-order valence-corrected chi connectivity index (χ1v) is 6.27. The Morgan fingerprint density at radius 2 is 2.11 bits per heavy atom. The Morgan fingerprint density at radius 1 is 1.42 bits per heavy atom. The highest BCUT2D eigenvalue weighted by molar-refractivity contribution is 6.03. The summed E-state index contributed by atoms with van der Waals surface area (Å²) in [6.07, 6.45) is 0. The van der Waals surface area contributed by atoms with Crippen molar-refractivity contribution in [3.63, 3.8) is 0 Å². The molecule has 5 heteroatoms. The van der Waals surface area contributed by atoms with E-state index in [1.807, 2.05) is 6.92 Å². The third-order valence-electron chi connectivity index (χ3n) is 3.22. The van der Waals surface area contributed by atoms with Gasteiger partial charge in [0.05, 0.1) is 19.4 Å². The van der Waals surface area contributed by atoms with Crippen LogP contribution in [0.25, 0.3) is 0 Å². The van der Waals surface area contributed by atoms with E-state index >= 15 is 0 Å². The van der Waals surface area contributed by atoms with Crippen molar-refractivity contribution in [3.05, 3.63) is 17.7 Å². The standard InChI is InChI=1S/C14H19NO4/c1-5-15-10-6-9(8-16)7-11(18-4)12(10)19-14(2,3)13(15)17/h6-7,16H,5,8H2,1-4H3.